The van der Waals surface area contributed by atoms with Crippen LogP contribution in [0.5, 0.6) is 0 Å². The van der Waals surface area contributed by atoms with Crippen LogP contribution in [0.1, 0.15) is 60.3 Å². The number of hydrogen-bond acceptors (Lipinski definition) is 9. The molecule has 3 aromatic rings. The predicted molar refractivity (Wildman–Crippen MR) is 118 cm³/mol. The molecule has 0 saturated carbocycles. The van der Waals surface area contributed by atoms with E-state index in [2.05, 4.69) is 36.1 Å². The van der Waals surface area contributed by atoms with Gasteiger partial charge in [-0.2, -0.15) is 9.78 Å². The van der Waals surface area contributed by atoms with Gasteiger partial charge in [0, 0.05) is 18.7 Å². The Kier molecular flexibility index (Phi) is 6.85. The zero-order chi connectivity index (χ0) is 22.3. The molecule has 0 spiro atoms. The summed E-state index contributed by atoms with van der Waals surface area (Å²) in [5, 5.41) is 19.8. The number of nitrogens with zero attached hydrogens (tertiary/aromatic N) is 7. The summed E-state index contributed by atoms with van der Waals surface area (Å²) in [6.07, 6.45) is 6.31. The maximum Gasteiger partial charge on any atom is 0.293 e. The largest absolute Gasteiger partial charge is 0.378 e. The number of aromatic nitrogens is 5. The van der Waals surface area contributed by atoms with Crippen molar-refractivity contribution in [3.8, 4) is 5.82 Å². The van der Waals surface area contributed by atoms with Gasteiger partial charge in [-0.25, -0.2) is 10.1 Å². The predicted octanol–water partition coefficient (Wildman–Crippen LogP) is 2.13. The number of nitrogens with two attached hydrogens (primary N) is 1. The van der Waals surface area contributed by atoms with E-state index in [0.29, 0.717) is 12.2 Å². The van der Waals surface area contributed by atoms with Crippen molar-refractivity contribution in [2.24, 2.45) is 5.10 Å². The lowest BCUT2D eigenvalue weighted by Crippen LogP contribution is -2.28. The standard InChI is InChI=1S/C21H27N9O2/c1-15(16-9-5-4-6-10-16)13-23-25-21(31)18-17(14-29-11-7-2-3-8-12-29)30(28-24-18)20-19(22)26-32-27-20/h4-6,9-10,13,15H,2-3,7-8,11-12,14H2,1H3,(H2,22,26)(H,25,31)/t15-/m1/s1. The molecule has 0 bridgehead atoms. The number of rotatable bonds is 7. The lowest BCUT2D eigenvalue weighted by molar-refractivity contribution is 0.0947. The number of benzene rings is 1. The molecule has 11 nitrogen and oxygen atoms in total. The Balaban J connectivity index is 1.54. The van der Waals surface area contributed by atoms with E-state index in [1.165, 1.54) is 17.5 Å². The summed E-state index contributed by atoms with van der Waals surface area (Å²) in [7, 11) is 0. The number of nitrogens with one attached hydrogen (secondary N) is 1. The highest BCUT2D eigenvalue weighted by molar-refractivity contribution is 5.93. The van der Waals surface area contributed by atoms with Crippen molar-refractivity contribution < 1.29 is 9.42 Å². The van der Waals surface area contributed by atoms with E-state index >= 15 is 0 Å². The molecule has 3 heterocycles. The van der Waals surface area contributed by atoms with Gasteiger partial charge in [-0.05, 0) is 41.8 Å². The monoisotopic (exact) mass is 437 g/mol. The lowest BCUT2D eigenvalue weighted by Gasteiger charge is -2.20. The van der Waals surface area contributed by atoms with Gasteiger partial charge in [0.15, 0.2) is 5.69 Å². The van der Waals surface area contributed by atoms with E-state index in [1.807, 2.05) is 37.3 Å². The minimum atomic E-state index is -0.451. The molecule has 4 rings (SSSR count). The van der Waals surface area contributed by atoms with Crippen molar-refractivity contribution in [3.05, 3.63) is 47.3 Å². The molecule has 168 valence electrons. The fraction of sp³-hybridized carbons (Fsp3) is 0.429. The van der Waals surface area contributed by atoms with Crippen LogP contribution < -0.4 is 11.2 Å². The van der Waals surface area contributed by atoms with Crippen LogP contribution in [0.2, 0.25) is 0 Å². The van der Waals surface area contributed by atoms with Crippen LogP contribution in [-0.4, -0.2) is 55.4 Å². The number of hydrogen-bond donors (Lipinski definition) is 2. The number of carbonyl (C=O) groups excluding carboxylic acids is 1. The summed E-state index contributed by atoms with van der Waals surface area (Å²) in [4.78, 5) is 15.2. The van der Waals surface area contributed by atoms with Crippen LogP contribution in [0.15, 0.2) is 40.1 Å². The molecule has 3 N–H and O–H groups in total. The molecule has 0 aliphatic carbocycles. The zero-order valence-corrected chi connectivity index (χ0v) is 18.0. The van der Waals surface area contributed by atoms with Gasteiger partial charge >= 0.3 is 0 Å². The fourth-order valence-electron chi connectivity index (χ4n) is 3.74. The highest BCUT2D eigenvalue weighted by atomic mass is 16.6. The molecule has 32 heavy (non-hydrogen) atoms. The zero-order valence-electron chi connectivity index (χ0n) is 18.0. The summed E-state index contributed by atoms with van der Waals surface area (Å²) >= 11 is 0. The summed E-state index contributed by atoms with van der Waals surface area (Å²) < 4.78 is 6.14. The van der Waals surface area contributed by atoms with Gasteiger partial charge < -0.3 is 5.73 Å². The second kappa shape index (κ2) is 10.1. The van der Waals surface area contributed by atoms with Gasteiger partial charge in [0.25, 0.3) is 5.91 Å². The highest BCUT2D eigenvalue weighted by Gasteiger charge is 2.25. The first-order valence-corrected chi connectivity index (χ1v) is 10.8. The van der Waals surface area contributed by atoms with Crippen molar-refractivity contribution in [3.63, 3.8) is 0 Å². The second-order valence-corrected chi connectivity index (χ2v) is 7.88. The van der Waals surface area contributed by atoms with Gasteiger partial charge in [-0.1, -0.05) is 55.3 Å². The Hall–Kier alpha value is -3.60. The average Bonchev–Trinajstić information content (AvgIpc) is 3.31. The van der Waals surface area contributed by atoms with Crippen LogP contribution in [-0.2, 0) is 6.54 Å². The van der Waals surface area contributed by atoms with Crippen LogP contribution in [0.4, 0.5) is 5.82 Å². The van der Waals surface area contributed by atoms with Gasteiger partial charge in [0.1, 0.15) is 0 Å². The Morgan fingerprint density at radius 1 is 1.22 bits per heavy atom. The number of hydrazone groups is 1. The Morgan fingerprint density at radius 3 is 2.66 bits per heavy atom. The summed E-state index contributed by atoms with van der Waals surface area (Å²) in [5.41, 5.74) is 10.3. The van der Waals surface area contributed by atoms with E-state index in [4.69, 9.17) is 10.4 Å². The van der Waals surface area contributed by atoms with E-state index in [1.54, 1.807) is 6.21 Å². The minimum Gasteiger partial charge on any atom is -0.378 e. The van der Waals surface area contributed by atoms with E-state index in [-0.39, 0.29) is 23.2 Å². The Bertz CT molecular complexity index is 1050. The second-order valence-electron chi connectivity index (χ2n) is 7.88. The molecule has 2 aromatic heterocycles. The van der Waals surface area contributed by atoms with Crippen molar-refractivity contribution in [1.29, 1.82) is 0 Å². The lowest BCUT2D eigenvalue weighted by atomic mass is 10.0. The van der Waals surface area contributed by atoms with Gasteiger partial charge in [0.05, 0.1) is 5.69 Å². The molecular formula is C21H27N9O2. The quantitative estimate of drug-likeness (QED) is 0.423. The number of amides is 1. The molecule has 1 aliphatic heterocycles. The maximum atomic E-state index is 12.9. The third-order valence-corrected chi connectivity index (χ3v) is 5.54. The first kappa shape index (κ1) is 21.6. The molecule has 0 unspecified atom stereocenters. The molecule has 0 radical (unpaired) electrons. The van der Waals surface area contributed by atoms with E-state index < -0.39 is 5.91 Å². The highest BCUT2D eigenvalue weighted by Crippen LogP contribution is 2.20. The topological polar surface area (TPSA) is 140 Å². The van der Waals surface area contributed by atoms with Crippen LogP contribution in [0, 0.1) is 0 Å². The molecule has 1 atom stereocenters. The smallest absolute Gasteiger partial charge is 0.293 e. The molecule has 1 aliphatic rings. The maximum absolute atomic E-state index is 12.9. The first-order valence-electron chi connectivity index (χ1n) is 10.8. The first-order chi connectivity index (χ1) is 15.6. The molecule has 11 heteroatoms. The summed E-state index contributed by atoms with van der Waals surface area (Å²) in [5.74, 6) is -0.117. The average molecular weight is 438 g/mol. The third kappa shape index (κ3) is 4.99. The van der Waals surface area contributed by atoms with Gasteiger partial charge in [0.2, 0.25) is 11.6 Å². The Morgan fingerprint density at radius 2 is 1.97 bits per heavy atom. The molecule has 1 saturated heterocycles. The van der Waals surface area contributed by atoms with Gasteiger partial charge in [-0.15, -0.1) is 5.10 Å². The van der Waals surface area contributed by atoms with E-state index in [9.17, 15) is 4.79 Å². The summed E-state index contributed by atoms with van der Waals surface area (Å²) in [6.45, 7) is 4.36. The third-order valence-electron chi connectivity index (χ3n) is 5.54. The fourth-order valence-corrected chi connectivity index (χ4v) is 3.74. The van der Waals surface area contributed by atoms with E-state index in [0.717, 1.165) is 31.5 Å². The molecular weight excluding hydrogens is 410 g/mol. The van der Waals surface area contributed by atoms with Crippen LogP contribution in [0.25, 0.3) is 5.82 Å². The van der Waals surface area contributed by atoms with Crippen LogP contribution >= 0.6 is 0 Å². The molecule has 1 amide bonds. The Labute approximate surface area is 185 Å². The summed E-state index contributed by atoms with van der Waals surface area (Å²) in [6, 6.07) is 9.92. The number of nitrogen functional groups attached to an aromatic ring is 1. The number of carbonyl (C=O) groups is 1. The number of likely N-dealkylation sites (tertiary alicyclic amines) is 1. The minimum absolute atomic E-state index is 0.0461. The van der Waals surface area contributed by atoms with Crippen molar-refractivity contribution in [2.45, 2.75) is 45.1 Å². The van der Waals surface area contributed by atoms with Crippen molar-refractivity contribution in [1.82, 2.24) is 35.6 Å². The van der Waals surface area contributed by atoms with Gasteiger partial charge in [-0.3, -0.25) is 9.69 Å². The van der Waals surface area contributed by atoms with Crippen molar-refractivity contribution >= 4 is 17.9 Å². The number of anilines is 1. The SMILES string of the molecule is C[C@H](C=NNC(=O)c1nnn(-c2nonc2N)c1CN1CCCCCC1)c1ccccc1. The van der Waals surface area contributed by atoms with Crippen LogP contribution in [0.3, 0.4) is 0 Å². The molecule has 1 fully saturated rings. The van der Waals surface area contributed by atoms with Crippen molar-refractivity contribution in [2.75, 3.05) is 18.8 Å². The molecule has 1 aromatic carbocycles. The normalized spacial score (nSPS) is 16.2.